The lowest BCUT2D eigenvalue weighted by atomic mass is 10.4. The fraction of sp³-hybridized carbons (Fsp3) is 0. The molecule has 0 aliphatic carbocycles. The molecule has 2 rings (SSSR count). The van der Waals surface area contributed by atoms with Crippen molar-refractivity contribution in [2.75, 3.05) is 0 Å². The molecule has 0 fully saturated rings. The number of nitrogens with zero attached hydrogens (tertiary/aromatic N) is 2. The van der Waals surface area contributed by atoms with Gasteiger partial charge in [-0.15, -0.1) is 0 Å². The van der Waals surface area contributed by atoms with E-state index in [9.17, 15) is 13.2 Å². The van der Waals surface area contributed by atoms with Gasteiger partial charge in [0.25, 0.3) is 0 Å². The van der Waals surface area contributed by atoms with Gasteiger partial charge in [0.2, 0.25) is 10.3 Å². The lowest BCUT2D eigenvalue weighted by Gasteiger charge is -1.92. The number of aromatic nitrogens is 4. The van der Waals surface area contributed by atoms with Gasteiger partial charge in [0.1, 0.15) is 12.0 Å². The van der Waals surface area contributed by atoms with Crippen LogP contribution in [-0.4, -0.2) is 28.4 Å². The normalized spacial score (nSPS) is 10.3. The number of aromatic amines is 2. The molecule has 2 aromatic rings. The predicted molar refractivity (Wildman–Crippen MR) is 46.7 cm³/mol. The average Bonchev–Trinajstić information content (AvgIpc) is 2.16. The van der Waals surface area contributed by atoms with Crippen LogP contribution in [-0.2, 0) is 10.3 Å². The quantitative estimate of drug-likeness (QED) is 0.547. The second-order valence-electron chi connectivity index (χ2n) is 2.43. The largest absolute Gasteiger partial charge is 0.325 e. The fourth-order valence-corrected chi connectivity index (χ4v) is 1.54. The van der Waals surface area contributed by atoms with E-state index in [-0.39, 0.29) is 15.7 Å². The van der Waals surface area contributed by atoms with Crippen molar-refractivity contribution in [1.29, 1.82) is 0 Å². The summed E-state index contributed by atoms with van der Waals surface area (Å²) >= 11 is 0. The van der Waals surface area contributed by atoms with Gasteiger partial charge < -0.3 is 0 Å². The van der Waals surface area contributed by atoms with Crippen LogP contribution in [0.2, 0.25) is 0 Å². The van der Waals surface area contributed by atoms with Gasteiger partial charge in [-0.25, -0.2) is 14.8 Å². The number of fused-ring (bicyclic) bond motifs is 1. The van der Waals surface area contributed by atoms with Crippen molar-refractivity contribution in [2.45, 2.75) is 0 Å². The zero-order chi connectivity index (χ0) is 10.1. The van der Waals surface area contributed by atoms with Crippen LogP contribution in [0.1, 0.15) is 0 Å². The third-order valence-electron chi connectivity index (χ3n) is 1.58. The highest BCUT2D eigenvalue weighted by Crippen LogP contribution is 2.01. The first-order valence-electron chi connectivity index (χ1n) is 3.53. The van der Waals surface area contributed by atoms with Crippen LogP contribution in [0.25, 0.3) is 11.0 Å². The van der Waals surface area contributed by atoms with Crippen molar-refractivity contribution < 1.29 is 8.42 Å². The Hall–Kier alpha value is -1.96. The topological polar surface area (TPSA) is 109 Å². The molecule has 0 aliphatic heterocycles. The molecule has 0 unspecified atom stereocenters. The molecule has 0 bridgehead atoms. The lowest BCUT2D eigenvalue weighted by molar-refractivity contribution is 0.624. The molecule has 2 N–H and O–H groups in total. The molecule has 0 aliphatic rings. The summed E-state index contributed by atoms with van der Waals surface area (Å²) in [7, 11) is -2.52. The monoisotopic (exact) mass is 212 g/mol. The van der Waals surface area contributed by atoms with Gasteiger partial charge >= 0.3 is 5.69 Å². The maximum Gasteiger partial charge on any atom is 0.325 e. The number of hydrogen-bond donors (Lipinski definition) is 2. The molecular formula is C6H4N4O3S. The van der Waals surface area contributed by atoms with Crippen LogP contribution in [0.4, 0.5) is 0 Å². The van der Waals surface area contributed by atoms with Gasteiger partial charge in [0, 0.05) is 6.20 Å². The molecule has 0 aromatic carbocycles. The second kappa shape index (κ2) is 3.07. The molecule has 7 nitrogen and oxygen atoms in total. The SMILES string of the molecule is O=c1[nH]c(=S(=O)=O)c2cncnc2[nH]1. The summed E-state index contributed by atoms with van der Waals surface area (Å²) in [5, 5.41) is 0.250. The van der Waals surface area contributed by atoms with Crippen molar-refractivity contribution in [3.63, 3.8) is 0 Å². The molecular weight excluding hydrogens is 208 g/mol. The molecule has 0 radical (unpaired) electrons. The maximum absolute atomic E-state index is 11.0. The van der Waals surface area contributed by atoms with E-state index in [1.54, 1.807) is 0 Å². The molecule has 0 saturated carbocycles. The van der Waals surface area contributed by atoms with E-state index in [1.165, 1.54) is 12.5 Å². The highest BCUT2D eigenvalue weighted by molar-refractivity contribution is 7.64. The molecule has 14 heavy (non-hydrogen) atoms. The highest BCUT2D eigenvalue weighted by Gasteiger charge is 1.99. The number of nitrogens with one attached hydrogen (secondary N) is 2. The van der Waals surface area contributed by atoms with Gasteiger partial charge in [-0.1, -0.05) is 0 Å². The second-order valence-corrected chi connectivity index (χ2v) is 3.31. The average molecular weight is 212 g/mol. The molecule has 0 spiro atoms. The lowest BCUT2D eigenvalue weighted by Crippen LogP contribution is -2.11. The zero-order valence-corrected chi connectivity index (χ0v) is 7.50. The molecule has 8 heteroatoms. The first-order valence-corrected chi connectivity index (χ1v) is 4.60. The van der Waals surface area contributed by atoms with Crippen LogP contribution in [0.5, 0.6) is 0 Å². The molecule has 2 heterocycles. The zero-order valence-electron chi connectivity index (χ0n) is 6.68. The van der Waals surface area contributed by atoms with E-state index in [4.69, 9.17) is 0 Å². The number of H-pyrrole nitrogens is 2. The molecule has 72 valence electrons. The van der Waals surface area contributed by atoms with Crippen molar-refractivity contribution in [3.05, 3.63) is 27.6 Å². The summed E-state index contributed by atoms with van der Waals surface area (Å²) in [4.78, 5) is 22.8. The summed E-state index contributed by atoms with van der Waals surface area (Å²) in [6, 6.07) is 0. The Morgan fingerprint density at radius 2 is 2.07 bits per heavy atom. The summed E-state index contributed by atoms with van der Waals surface area (Å²) in [5.74, 6) is 0. The Bertz CT molecular complexity index is 703. The Labute approximate surface area is 78.0 Å². The Balaban J connectivity index is 3.28. The minimum atomic E-state index is -2.52. The summed E-state index contributed by atoms with van der Waals surface area (Å²) in [6.45, 7) is 0. The van der Waals surface area contributed by atoms with Gasteiger partial charge in [-0.3, -0.25) is 9.97 Å². The van der Waals surface area contributed by atoms with Gasteiger partial charge in [-0.05, 0) is 0 Å². The fourth-order valence-electron chi connectivity index (χ4n) is 1.04. The third-order valence-corrected chi connectivity index (χ3v) is 2.24. The van der Waals surface area contributed by atoms with E-state index in [0.717, 1.165) is 0 Å². The van der Waals surface area contributed by atoms with E-state index in [2.05, 4.69) is 19.9 Å². The van der Waals surface area contributed by atoms with Gasteiger partial charge in [0.15, 0.2) is 4.64 Å². The van der Waals surface area contributed by atoms with Crippen LogP contribution in [0, 0.1) is 4.64 Å². The Kier molecular flexibility index (Phi) is 1.89. The van der Waals surface area contributed by atoms with Gasteiger partial charge in [-0.2, -0.15) is 8.42 Å². The molecule has 0 atom stereocenters. The van der Waals surface area contributed by atoms with E-state index in [0.29, 0.717) is 0 Å². The molecule has 0 amide bonds. The van der Waals surface area contributed by atoms with Crippen molar-refractivity contribution in [2.24, 2.45) is 0 Å². The highest BCUT2D eigenvalue weighted by atomic mass is 32.2. The van der Waals surface area contributed by atoms with Crippen LogP contribution in [0.15, 0.2) is 17.3 Å². The molecule has 0 saturated heterocycles. The predicted octanol–water partition coefficient (Wildman–Crippen LogP) is -0.943. The Morgan fingerprint density at radius 1 is 1.29 bits per heavy atom. The van der Waals surface area contributed by atoms with E-state index in [1.807, 2.05) is 0 Å². The standard InChI is InChI=1S/C6H4N4O3S/c11-6-9-4-3(1-7-2-8-4)5(10-6)14(12)13/h1-2H,(H2,7,8,9,10,11). The summed E-state index contributed by atoms with van der Waals surface area (Å²) in [6.07, 6.45) is 2.52. The van der Waals surface area contributed by atoms with E-state index < -0.39 is 16.0 Å². The van der Waals surface area contributed by atoms with Crippen molar-refractivity contribution in [3.8, 4) is 0 Å². The van der Waals surface area contributed by atoms with Crippen molar-refractivity contribution >= 4 is 21.3 Å². The van der Waals surface area contributed by atoms with Crippen LogP contribution >= 0.6 is 0 Å². The van der Waals surface area contributed by atoms with E-state index >= 15 is 0 Å². The number of rotatable bonds is 0. The smallest absolute Gasteiger partial charge is 0.294 e. The Morgan fingerprint density at radius 3 is 2.79 bits per heavy atom. The van der Waals surface area contributed by atoms with Crippen LogP contribution < -0.4 is 5.69 Å². The maximum atomic E-state index is 11.0. The summed E-state index contributed by atoms with van der Waals surface area (Å²) < 4.78 is 21.2. The van der Waals surface area contributed by atoms with Crippen molar-refractivity contribution in [1.82, 2.24) is 19.9 Å². The molecule has 2 aromatic heterocycles. The minimum absolute atomic E-state index is 0.183. The number of hydrogen-bond acceptors (Lipinski definition) is 5. The first-order chi connectivity index (χ1) is 6.68. The summed E-state index contributed by atoms with van der Waals surface area (Å²) in [5.41, 5.74) is -0.446. The minimum Gasteiger partial charge on any atom is -0.294 e. The first kappa shape index (κ1) is 8.63. The van der Waals surface area contributed by atoms with Crippen LogP contribution in [0.3, 0.4) is 0 Å². The van der Waals surface area contributed by atoms with Gasteiger partial charge in [0.05, 0.1) is 5.39 Å². The third kappa shape index (κ3) is 1.31.